The molecule has 0 bridgehead atoms. The number of benzene rings is 2. The predicted molar refractivity (Wildman–Crippen MR) is 118 cm³/mol. The van der Waals surface area contributed by atoms with Crippen LogP contribution in [0.5, 0.6) is 5.75 Å². The van der Waals surface area contributed by atoms with Gasteiger partial charge in [0.1, 0.15) is 11.3 Å². The number of rotatable bonds is 5. The summed E-state index contributed by atoms with van der Waals surface area (Å²) in [7, 11) is 0. The number of carbonyl (C=O) groups excluding carboxylic acids is 1. The fraction of sp³-hybridized carbons (Fsp3) is 0.292. The van der Waals surface area contributed by atoms with Crippen LogP contribution in [0.4, 0.5) is 0 Å². The minimum absolute atomic E-state index is 0.0825. The van der Waals surface area contributed by atoms with Crippen molar-refractivity contribution in [2.24, 2.45) is 5.10 Å². The van der Waals surface area contributed by atoms with Gasteiger partial charge in [-0.3, -0.25) is 4.79 Å². The summed E-state index contributed by atoms with van der Waals surface area (Å²) in [5.74, 6) is 0.0522. The largest absolute Gasteiger partial charge is 0.484 e. The van der Waals surface area contributed by atoms with E-state index in [0.717, 1.165) is 16.5 Å². The molecule has 6 heteroatoms. The number of fused-ring (bicyclic) bond motifs is 1. The zero-order chi connectivity index (χ0) is 21.9. The van der Waals surface area contributed by atoms with Crippen molar-refractivity contribution in [1.82, 2.24) is 5.43 Å². The average molecular weight is 406 g/mol. The molecule has 0 atom stereocenters. The van der Waals surface area contributed by atoms with Crippen molar-refractivity contribution >= 4 is 22.6 Å². The van der Waals surface area contributed by atoms with Gasteiger partial charge in [0.05, 0.1) is 5.71 Å². The monoisotopic (exact) mass is 406 g/mol. The van der Waals surface area contributed by atoms with E-state index in [4.69, 9.17) is 9.15 Å². The minimum Gasteiger partial charge on any atom is -0.484 e. The average Bonchev–Trinajstić information content (AvgIpc) is 2.69. The molecule has 0 aliphatic rings. The Hall–Kier alpha value is -3.41. The van der Waals surface area contributed by atoms with Crippen molar-refractivity contribution in [3.05, 3.63) is 75.6 Å². The second-order valence-electron chi connectivity index (χ2n) is 8.25. The smallest absolute Gasteiger partial charge is 0.336 e. The van der Waals surface area contributed by atoms with E-state index >= 15 is 0 Å². The summed E-state index contributed by atoms with van der Waals surface area (Å²) in [5, 5.41) is 4.97. The SMILES string of the molecule is C/C(=N/NC(=O)COc1ccc2c(C)cc(=O)oc2c1)c1ccc(C(C)(C)C)cc1. The normalized spacial score (nSPS) is 12.1. The van der Waals surface area contributed by atoms with E-state index in [2.05, 4.69) is 43.4 Å². The van der Waals surface area contributed by atoms with Gasteiger partial charge in [-0.05, 0) is 48.1 Å². The number of amides is 1. The molecule has 30 heavy (non-hydrogen) atoms. The molecule has 6 nitrogen and oxygen atoms in total. The Balaban J connectivity index is 1.60. The van der Waals surface area contributed by atoms with Gasteiger partial charge in [0.2, 0.25) is 0 Å². The molecule has 1 N–H and O–H groups in total. The quantitative estimate of drug-likeness (QED) is 0.389. The van der Waals surface area contributed by atoms with Gasteiger partial charge in [0.15, 0.2) is 6.61 Å². The highest BCUT2D eigenvalue weighted by Gasteiger charge is 2.13. The molecule has 0 aliphatic heterocycles. The number of nitrogens with one attached hydrogen (secondary N) is 1. The van der Waals surface area contributed by atoms with Gasteiger partial charge in [-0.15, -0.1) is 0 Å². The summed E-state index contributed by atoms with van der Waals surface area (Å²) < 4.78 is 10.7. The molecular formula is C24H26N2O4. The molecule has 0 saturated carbocycles. The van der Waals surface area contributed by atoms with Crippen molar-refractivity contribution in [2.75, 3.05) is 6.61 Å². The number of ether oxygens (including phenoxy) is 1. The number of hydrogen-bond donors (Lipinski definition) is 1. The van der Waals surface area contributed by atoms with E-state index in [0.29, 0.717) is 17.0 Å². The topological polar surface area (TPSA) is 80.9 Å². The zero-order valence-electron chi connectivity index (χ0n) is 17.9. The Morgan fingerprint density at radius 1 is 1.10 bits per heavy atom. The van der Waals surface area contributed by atoms with Gasteiger partial charge < -0.3 is 9.15 Å². The molecule has 0 fully saturated rings. The molecule has 0 radical (unpaired) electrons. The van der Waals surface area contributed by atoms with Crippen LogP contribution in [-0.4, -0.2) is 18.2 Å². The summed E-state index contributed by atoms with van der Waals surface area (Å²) in [6.07, 6.45) is 0. The van der Waals surface area contributed by atoms with Crippen LogP contribution in [0, 0.1) is 6.92 Å². The molecule has 1 heterocycles. The maximum Gasteiger partial charge on any atom is 0.336 e. The van der Waals surface area contributed by atoms with E-state index in [9.17, 15) is 9.59 Å². The molecule has 0 spiro atoms. The van der Waals surface area contributed by atoms with Crippen molar-refractivity contribution in [2.45, 2.75) is 40.0 Å². The van der Waals surface area contributed by atoms with Gasteiger partial charge in [-0.25, -0.2) is 10.2 Å². The van der Waals surface area contributed by atoms with E-state index in [-0.39, 0.29) is 17.9 Å². The maximum absolute atomic E-state index is 12.1. The van der Waals surface area contributed by atoms with Crippen LogP contribution < -0.4 is 15.8 Å². The van der Waals surface area contributed by atoms with E-state index in [1.165, 1.54) is 11.6 Å². The van der Waals surface area contributed by atoms with Crippen LogP contribution in [0.25, 0.3) is 11.0 Å². The zero-order valence-corrected chi connectivity index (χ0v) is 17.9. The van der Waals surface area contributed by atoms with Crippen molar-refractivity contribution in [3.63, 3.8) is 0 Å². The van der Waals surface area contributed by atoms with Crippen LogP contribution in [0.2, 0.25) is 0 Å². The first-order valence-corrected chi connectivity index (χ1v) is 9.75. The molecule has 0 saturated heterocycles. The summed E-state index contributed by atoms with van der Waals surface area (Å²) in [6.45, 7) is 9.95. The van der Waals surface area contributed by atoms with Crippen LogP contribution in [0.15, 0.2) is 62.8 Å². The predicted octanol–water partition coefficient (Wildman–Crippen LogP) is 4.32. The lowest BCUT2D eigenvalue weighted by molar-refractivity contribution is -0.123. The van der Waals surface area contributed by atoms with Crippen molar-refractivity contribution < 1.29 is 13.9 Å². The standard InChI is InChI=1S/C24H26N2O4/c1-15-12-23(28)30-21-13-19(10-11-20(15)21)29-14-22(27)26-25-16(2)17-6-8-18(9-7-17)24(3,4)5/h6-13H,14H2,1-5H3,(H,26,27)/b25-16-. The number of carbonyl (C=O) groups is 1. The molecule has 1 aromatic heterocycles. The highest BCUT2D eigenvalue weighted by molar-refractivity contribution is 5.99. The Morgan fingerprint density at radius 3 is 2.47 bits per heavy atom. The first-order chi connectivity index (χ1) is 14.1. The van der Waals surface area contributed by atoms with Gasteiger partial charge in [0, 0.05) is 17.5 Å². The number of aryl methyl sites for hydroxylation is 1. The number of nitrogens with zero attached hydrogens (tertiary/aromatic N) is 1. The Labute approximate surface area is 175 Å². The lowest BCUT2D eigenvalue weighted by Crippen LogP contribution is -2.25. The van der Waals surface area contributed by atoms with Crippen LogP contribution in [0.1, 0.15) is 44.4 Å². The summed E-state index contributed by atoms with van der Waals surface area (Å²) in [6, 6.07) is 14.7. The van der Waals surface area contributed by atoms with Gasteiger partial charge >= 0.3 is 5.63 Å². The maximum atomic E-state index is 12.1. The van der Waals surface area contributed by atoms with Gasteiger partial charge in [-0.2, -0.15) is 5.10 Å². The highest BCUT2D eigenvalue weighted by atomic mass is 16.5. The Bertz CT molecular complexity index is 1150. The third kappa shape index (κ3) is 5.14. The first kappa shape index (κ1) is 21.3. The highest BCUT2D eigenvalue weighted by Crippen LogP contribution is 2.23. The molecule has 3 rings (SSSR count). The molecule has 0 unspecified atom stereocenters. The second kappa shape index (κ2) is 8.53. The molecule has 2 aromatic carbocycles. The fourth-order valence-corrected chi connectivity index (χ4v) is 3.00. The van der Waals surface area contributed by atoms with Crippen molar-refractivity contribution in [1.29, 1.82) is 0 Å². The summed E-state index contributed by atoms with van der Waals surface area (Å²) in [4.78, 5) is 23.6. The third-order valence-corrected chi connectivity index (χ3v) is 4.81. The van der Waals surface area contributed by atoms with E-state index in [1.807, 2.05) is 26.0 Å². The lowest BCUT2D eigenvalue weighted by Gasteiger charge is -2.19. The minimum atomic E-state index is -0.421. The van der Waals surface area contributed by atoms with E-state index < -0.39 is 5.63 Å². The fourth-order valence-electron chi connectivity index (χ4n) is 3.00. The van der Waals surface area contributed by atoms with Gasteiger partial charge in [-0.1, -0.05) is 45.0 Å². The molecule has 0 aliphatic carbocycles. The second-order valence-corrected chi connectivity index (χ2v) is 8.25. The van der Waals surface area contributed by atoms with Crippen LogP contribution in [-0.2, 0) is 10.2 Å². The van der Waals surface area contributed by atoms with E-state index in [1.54, 1.807) is 18.2 Å². The van der Waals surface area contributed by atoms with Gasteiger partial charge in [0.25, 0.3) is 5.91 Å². The Morgan fingerprint density at radius 2 is 1.80 bits per heavy atom. The van der Waals surface area contributed by atoms with Crippen LogP contribution >= 0.6 is 0 Å². The summed E-state index contributed by atoms with van der Waals surface area (Å²) >= 11 is 0. The van der Waals surface area contributed by atoms with Crippen molar-refractivity contribution in [3.8, 4) is 5.75 Å². The molecule has 156 valence electrons. The number of hydrogen-bond acceptors (Lipinski definition) is 5. The Kier molecular flexibility index (Phi) is 6.06. The third-order valence-electron chi connectivity index (χ3n) is 4.81. The molecular weight excluding hydrogens is 380 g/mol. The number of hydrazone groups is 1. The first-order valence-electron chi connectivity index (χ1n) is 9.75. The molecule has 3 aromatic rings. The lowest BCUT2D eigenvalue weighted by atomic mass is 9.86. The summed E-state index contributed by atoms with van der Waals surface area (Å²) in [5.41, 5.74) is 6.28. The molecule has 1 amide bonds. The van der Waals surface area contributed by atoms with Crippen LogP contribution in [0.3, 0.4) is 0 Å².